The van der Waals surface area contributed by atoms with E-state index in [0.29, 0.717) is 23.0 Å². The summed E-state index contributed by atoms with van der Waals surface area (Å²) in [5.74, 6) is 0.726. The number of nitrogens with one attached hydrogen (secondary N) is 2. The quantitative estimate of drug-likeness (QED) is 0.840. The molecule has 23 heavy (non-hydrogen) atoms. The molecule has 0 spiro atoms. The fourth-order valence-corrected chi connectivity index (χ4v) is 3.12. The van der Waals surface area contributed by atoms with Crippen molar-refractivity contribution >= 4 is 34.8 Å². The zero-order chi connectivity index (χ0) is 16.4. The van der Waals surface area contributed by atoms with Crippen molar-refractivity contribution in [1.29, 1.82) is 0 Å². The fraction of sp³-hybridized carbons (Fsp3) is 0.529. The maximum Gasteiger partial charge on any atom is 0.239 e. The van der Waals surface area contributed by atoms with Crippen molar-refractivity contribution in [3.8, 4) is 0 Å². The second kappa shape index (κ2) is 6.79. The van der Waals surface area contributed by atoms with E-state index in [2.05, 4.69) is 10.6 Å². The molecule has 0 radical (unpaired) electrons. The Bertz CT molecular complexity index is 616. The van der Waals surface area contributed by atoms with Gasteiger partial charge in [0.25, 0.3) is 0 Å². The second-order valence-electron chi connectivity index (χ2n) is 6.36. The van der Waals surface area contributed by atoms with Gasteiger partial charge in [-0.05, 0) is 50.3 Å². The summed E-state index contributed by atoms with van der Waals surface area (Å²) in [6.45, 7) is 2.95. The summed E-state index contributed by atoms with van der Waals surface area (Å²) in [5, 5.41) is 6.62. The molecule has 1 heterocycles. The van der Waals surface area contributed by atoms with Crippen molar-refractivity contribution in [2.75, 3.05) is 23.3 Å². The maximum atomic E-state index is 12.0. The van der Waals surface area contributed by atoms with Crippen molar-refractivity contribution in [3.63, 3.8) is 0 Å². The molecule has 5 nitrogen and oxygen atoms in total. The standard InChI is InChI=1S/C17H22ClN3O2/c1-11(12-4-5-12)20-16(22)10-19-15-9-13(6-7-14(15)18)21-8-2-3-17(21)23/h6-7,9,11-12,19H,2-5,8,10H2,1H3,(H,20,22)/t11-/m1/s1. The first-order valence-electron chi connectivity index (χ1n) is 8.18. The third-order valence-corrected chi connectivity index (χ3v) is 4.82. The summed E-state index contributed by atoms with van der Waals surface area (Å²) in [5.41, 5.74) is 1.50. The molecular formula is C17H22ClN3O2. The molecule has 0 aromatic heterocycles. The molecule has 1 aromatic carbocycles. The number of amides is 2. The number of hydrogen-bond donors (Lipinski definition) is 2. The van der Waals surface area contributed by atoms with Crippen LogP contribution >= 0.6 is 11.6 Å². The summed E-state index contributed by atoms with van der Waals surface area (Å²) in [7, 11) is 0. The molecule has 1 atom stereocenters. The first-order valence-corrected chi connectivity index (χ1v) is 8.55. The molecule has 2 amide bonds. The number of carbonyl (C=O) groups is 2. The number of carbonyl (C=O) groups excluding carboxylic acids is 2. The average Bonchev–Trinajstić information content (AvgIpc) is 3.29. The van der Waals surface area contributed by atoms with Crippen molar-refractivity contribution in [1.82, 2.24) is 5.32 Å². The van der Waals surface area contributed by atoms with Crippen LogP contribution in [-0.2, 0) is 9.59 Å². The second-order valence-corrected chi connectivity index (χ2v) is 6.77. The van der Waals surface area contributed by atoms with Crippen LogP contribution in [-0.4, -0.2) is 30.9 Å². The highest BCUT2D eigenvalue weighted by Gasteiger charge is 2.28. The lowest BCUT2D eigenvalue weighted by Crippen LogP contribution is -2.37. The summed E-state index contributed by atoms with van der Waals surface area (Å²) in [4.78, 5) is 25.6. The Morgan fingerprint density at radius 1 is 1.43 bits per heavy atom. The molecule has 2 aliphatic rings. The molecule has 1 aliphatic heterocycles. The molecule has 1 aromatic rings. The Kier molecular flexibility index (Phi) is 4.76. The highest BCUT2D eigenvalue weighted by atomic mass is 35.5. The van der Waals surface area contributed by atoms with E-state index >= 15 is 0 Å². The smallest absolute Gasteiger partial charge is 0.239 e. The van der Waals surface area contributed by atoms with E-state index < -0.39 is 0 Å². The van der Waals surface area contributed by atoms with Gasteiger partial charge in [-0.1, -0.05) is 11.6 Å². The van der Waals surface area contributed by atoms with Gasteiger partial charge >= 0.3 is 0 Å². The Morgan fingerprint density at radius 2 is 2.22 bits per heavy atom. The molecule has 0 bridgehead atoms. The van der Waals surface area contributed by atoms with Crippen LogP contribution in [0.2, 0.25) is 5.02 Å². The minimum absolute atomic E-state index is 0.0388. The lowest BCUT2D eigenvalue weighted by Gasteiger charge is -2.18. The summed E-state index contributed by atoms with van der Waals surface area (Å²) >= 11 is 6.19. The van der Waals surface area contributed by atoms with E-state index in [1.807, 2.05) is 19.1 Å². The third kappa shape index (κ3) is 3.96. The van der Waals surface area contributed by atoms with Crippen LogP contribution in [0.4, 0.5) is 11.4 Å². The van der Waals surface area contributed by atoms with Crippen LogP contribution < -0.4 is 15.5 Å². The molecular weight excluding hydrogens is 314 g/mol. The third-order valence-electron chi connectivity index (χ3n) is 4.49. The minimum Gasteiger partial charge on any atom is -0.375 e. The van der Waals surface area contributed by atoms with Gasteiger partial charge in [-0.3, -0.25) is 9.59 Å². The number of halogens is 1. The first-order chi connectivity index (χ1) is 11.0. The summed E-state index contributed by atoms with van der Waals surface area (Å²) < 4.78 is 0. The molecule has 1 saturated carbocycles. The van der Waals surface area contributed by atoms with Gasteiger partial charge in [-0.15, -0.1) is 0 Å². The van der Waals surface area contributed by atoms with Crippen LogP contribution in [0.5, 0.6) is 0 Å². The zero-order valence-corrected chi connectivity index (χ0v) is 14.0. The lowest BCUT2D eigenvalue weighted by molar-refractivity contribution is -0.120. The normalized spacial score (nSPS) is 18.9. The highest BCUT2D eigenvalue weighted by molar-refractivity contribution is 6.33. The van der Waals surface area contributed by atoms with E-state index in [-0.39, 0.29) is 24.4 Å². The topological polar surface area (TPSA) is 61.4 Å². The fourth-order valence-electron chi connectivity index (χ4n) is 2.93. The molecule has 1 saturated heterocycles. The van der Waals surface area contributed by atoms with E-state index in [9.17, 15) is 9.59 Å². The van der Waals surface area contributed by atoms with Crippen molar-refractivity contribution < 1.29 is 9.59 Å². The summed E-state index contributed by atoms with van der Waals surface area (Å²) in [6.07, 6.45) is 3.87. The van der Waals surface area contributed by atoms with Crippen LogP contribution in [0.15, 0.2) is 18.2 Å². The number of hydrogen-bond acceptors (Lipinski definition) is 3. The zero-order valence-electron chi connectivity index (χ0n) is 13.3. The molecule has 2 N–H and O–H groups in total. The molecule has 1 aliphatic carbocycles. The molecule has 2 fully saturated rings. The van der Waals surface area contributed by atoms with Gasteiger partial charge < -0.3 is 15.5 Å². The van der Waals surface area contributed by atoms with E-state index in [4.69, 9.17) is 11.6 Å². The Hall–Kier alpha value is -1.75. The number of benzene rings is 1. The Morgan fingerprint density at radius 3 is 2.87 bits per heavy atom. The number of anilines is 2. The van der Waals surface area contributed by atoms with Gasteiger partial charge in [0.15, 0.2) is 0 Å². The van der Waals surface area contributed by atoms with Gasteiger partial charge in [0.1, 0.15) is 0 Å². The van der Waals surface area contributed by atoms with Crippen LogP contribution in [0.1, 0.15) is 32.6 Å². The van der Waals surface area contributed by atoms with E-state index in [1.165, 1.54) is 12.8 Å². The first kappa shape index (κ1) is 16.1. The van der Waals surface area contributed by atoms with Gasteiger partial charge in [0, 0.05) is 24.7 Å². The maximum absolute atomic E-state index is 12.0. The van der Waals surface area contributed by atoms with Gasteiger partial charge in [0.2, 0.25) is 11.8 Å². The Balaban J connectivity index is 1.60. The highest BCUT2D eigenvalue weighted by Crippen LogP contribution is 2.32. The van der Waals surface area contributed by atoms with Crippen molar-refractivity contribution in [2.45, 2.75) is 38.6 Å². The minimum atomic E-state index is -0.0388. The average molecular weight is 336 g/mol. The van der Waals surface area contributed by atoms with E-state index in [0.717, 1.165) is 18.7 Å². The van der Waals surface area contributed by atoms with Gasteiger partial charge in [-0.25, -0.2) is 0 Å². The monoisotopic (exact) mass is 335 g/mol. The lowest BCUT2D eigenvalue weighted by atomic mass is 10.2. The van der Waals surface area contributed by atoms with Gasteiger partial charge in [0.05, 0.1) is 17.3 Å². The predicted octanol–water partition coefficient (Wildman–Crippen LogP) is 2.79. The van der Waals surface area contributed by atoms with Crippen LogP contribution in [0, 0.1) is 5.92 Å². The van der Waals surface area contributed by atoms with Crippen LogP contribution in [0.3, 0.4) is 0 Å². The van der Waals surface area contributed by atoms with E-state index in [1.54, 1.807) is 11.0 Å². The molecule has 124 valence electrons. The predicted molar refractivity (Wildman–Crippen MR) is 91.9 cm³/mol. The van der Waals surface area contributed by atoms with Crippen molar-refractivity contribution in [2.24, 2.45) is 5.92 Å². The van der Waals surface area contributed by atoms with Crippen LogP contribution in [0.25, 0.3) is 0 Å². The van der Waals surface area contributed by atoms with Crippen molar-refractivity contribution in [3.05, 3.63) is 23.2 Å². The van der Waals surface area contributed by atoms with Gasteiger partial charge in [-0.2, -0.15) is 0 Å². The number of nitrogens with zero attached hydrogens (tertiary/aromatic N) is 1. The SMILES string of the molecule is C[C@@H](NC(=O)CNc1cc(N2CCCC2=O)ccc1Cl)C1CC1. The number of rotatable bonds is 6. The molecule has 3 rings (SSSR count). The summed E-state index contributed by atoms with van der Waals surface area (Å²) in [6, 6.07) is 5.67. The molecule has 0 unspecified atom stereocenters. The Labute approximate surface area is 141 Å². The largest absolute Gasteiger partial charge is 0.375 e. The molecule has 6 heteroatoms.